The van der Waals surface area contributed by atoms with Crippen molar-refractivity contribution in [2.75, 3.05) is 0 Å². The molecule has 37 heavy (non-hydrogen) atoms. The Morgan fingerprint density at radius 2 is 1.70 bits per heavy atom. The molecule has 6 rings (SSSR count). The predicted molar refractivity (Wildman–Crippen MR) is 140 cm³/mol. The molecule has 0 radical (unpaired) electrons. The summed E-state index contributed by atoms with van der Waals surface area (Å²) in [5.41, 5.74) is 4.38. The molecule has 1 heterocycles. The fourth-order valence-corrected chi connectivity index (χ4v) is 10.7. The summed E-state index contributed by atoms with van der Waals surface area (Å²) in [7, 11) is 0. The molecule has 0 bridgehead atoms. The highest BCUT2D eigenvalue weighted by atomic mass is 16.5. The third kappa shape index (κ3) is 2.69. The van der Waals surface area contributed by atoms with Crippen molar-refractivity contribution in [3.05, 3.63) is 29.2 Å². The van der Waals surface area contributed by atoms with Crippen molar-refractivity contribution < 1.29 is 19.2 Å². The van der Waals surface area contributed by atoms with Gasteiger partial charge in [-0.25, -0.2) is 0 Å². The fourth-order valence-electron chi connectivity index (χ4n) is 10.7. The second-order valence-corrected chi connectivity index (χ2v) is 15.4. The average Bonchev–Trinajstić information content (AvgIpc) is 3.26. The van der Waals surface area contributed by atoms with Gasteiger partial charge in [0, 0.05) is 22.3 Å². The molecule has 0 saturated heterocycles. The van der Waals surface area contributed by atoms with Gasteiger partial charge in [-0.05, 0) is 79.6 Å². The van der Waals surface area contributed by atoms with Crippen molar-refractivity contribution in [2.45, 2.75) is 111 Å². The minimum Gasteiger partial charge on any atom is -0.381 e. The molecular formula is C31H44N2O4. The SMILES string of the molecule is CC1(C)CC[C@]2(C(N)=O)CC[C@@]3(C)[C@]4(C)CC[C@H]5C(C)(C)c6oncc6C[C@]5(C)C4=CC(=O)[C@]3(O)C2C1. The standard InChI is InChI=1S/C31H44N2O4/c1-25(2)10-12-30(24(32)35)13-11-29(7)28(6)9-8-19-26(3,4)23-18(17-33-37-23)15-27(19,5)20(28)14-22(34)31(29,36)21(30)16-25/h14,17,19,21,36H,8-13,15-16H2,1-7H3,(H2,32,35)/t19-,21?,27-,28+,29-,30-,31+/m0/s1. The van der Waals surface area contributed by atoms with Crippen LogP contribution in [0.5, 0.6) is 0 Å². The van der Waals surface area contributed by atoms with Crippen molar-refractivity contribution >= 4 is 11.7 Å². The number of aliphatic hydroxyl groups is 1. The molecule has 6 nitrogen and oxygen atoms in total. The van der Waals surface area contributed by atoms with Gasteiger partial charge in [-0.2, -0.15) is 0 Å². The lowest BCUT2D eigenvalue weighted by atomic mass is 9.32. The first-order valence-corrected chi connectivity index (χ1v) is 14.2. The lowest BCUT2D eigenvalue weighted by Crippen LogP contribution is -2.75. The number of primary amides is 1. The van der Waals surface area contributed by atoms with Crippen LogP contribution < -0.4 is 5.73 Å². The van der Waals surface area contributed by atoms with Gasteiger partial charge in [-0.1, -0.05) is 59.2 Å². The summed E-state index contributed by atoms with van der Waals surface area (Å²) in [5, 5.41) is 17.0. The first-order valence-electron chi connectivity index (χ1n) is 14.2. The van der Waals surface area contributed by atoms with Crippen molar-refractivity contribution in [1.82, 2.24) is 5.16 Å². The number of hydrogen-bond donors (Lipinski definition) is 2. The maximum atomic E-state index is 14.4. The Labute approximate surface area is 220 Å². The maximum absolute atomic E-state index is 14.4. The Morgan fingerprint density at radius 1 is 1.03 bits per heavy atom. The number of carbonyl (C=O) groups excluding carboxylic acids is 2. The number of amides is 1. The molecule has 202 valence electrons. The van der Waals surface area contributed by atoms with Crippen LogP contribution in [0.4, 0.5) is 0 Å². The van der Waals surface area contributed by atoms with Gasteiger partial charge in [0.25, 0.3) is 0 Å². The van der Waals surface area contributed by atoms with Gasteiger partial charge >= 0.3 is 0 Å². The summed E-state index contributed by atoms with van der Waals surface area (Å²) >= 11 is 0. The van der Waals surface area contributed by atoms with E-state index in [1.54, 1.807) is 0 Å². The topological polar surface area (TPSA) is 106 Å². The molecule has 5 aliphatic rings. The van der Waals surface area contributed by atoms with Crippen LogP contribution in [0.3, 0.4) is 0 Å². The molecule has 7 atom stereocenters. The van der Waals surface area contributed by atoms with Crippen molar-refractivity contribution in [3.8, 4) is 0 Å². The fraction of sp³-hybridized carbons (Fsp3) is 0.774. The van der Waals surface area contributed by atoms with E-state index in [-0.39, 0.29) is 33.4 Å². The number of aromatic nitrogens is 1. The summed E-state index contributed by atoms with van der Waals surface area (Å²) in [6.07, 6.45) is 9.72. The zero-order valence-corrected chi connectivity index (χ0v) is 23.7. The highest BCUT2D eigenvalue weighted by molar-refractivity contribution is 6.01. The van der Waals surface area contributed by atoms with Crippen LogP contribution in [0.2, 0.25) is 0 Å². The van der Waals surface area contributed by atoms with E-state index < -0.39 is 22.3 Å². The monoisotopic (exact) mass is 508 g/mol. The molecule has 6 heteroatoms. The molecule has 0 spiro atoms. The Kier molecular flexibility index (Phi) is 4.77. The van der Waals surface area contributed by atoms with Crippen LogP contribution >= 0.6 is 0 Å². The predicted octanol–water partition coefficient (Wildman–Crippen LogP) is 5.27. The van der Waals surface area contributed by atoms with Crippen LogP contribution in [-0.2, 0) is 21.4 Å². The first-order chi connectivity index (χ1) is 17.0. The second-order valence-electron chi connectivity index (χ2n) is 15.4. The molecular weight excluding hydrogens is 464 g/mol. The van der Waals surface area contributed by atoms with Crippen LogP contribution in [0.15, 0.2) is 22.4 Å². The average molecular weight is 509 g/mol. The zero-order valence-electron chi connectivity index (χ0n) is 23.7. The normalized spacial score (nSPS) is 47.5. The van der Waals surface area contributed by atoms with Crippen molar-refractivity contribution in [2.24, 2.45) is 44.6 Å². The number of carbonyl (C=O) groups is 2. The highest BCUT2D eigenvalue weighted by Crippen LogP contribution is 2.75. The molecule has 1 aromatic heterocycles. The summed E-state index contributed by atoms with van der Waals surface area (Å²) < 4.78 is 5.76. The third-order valence-electron chi connectivity index (χ3n) is 13.0. The van der Waals surface area contributed by atoms with E-state index >= 15 is 0 Å². The summed E-state index contributed by atoms with van der Waals surface area (Å²) in [6, 6.07) is 0. The summed E-state index contributed by atoms with van der Waals surface area (Å²) in [6.45, 7) is 15.6. The molecule has 1 unspecified atom stereocenters. The van der Waals surface area contributed by atoms with Gasteiger partial charge in [-0.3, -0.25) is 9.59 Å². The van der Waals surface area contributed by atoms with E-state index in [1.165, 1.54) is 5.57 Å². The number of rotatable bonds is 1. The van der Waals surface area contributed by atoms with Crippen LogP contribution in [0.25, 0.3) is 0 Å². The number of allylic oxidation sites excluding steroid dienone is 1. The summed E-state index contributed by atoms with van der Waals surface area (Å²) in [4.78, 5) is 27.5. The van der Waals surface area contributed by atoms with Crippen LogP contribution in [-0.4, -0.2) is 27.6 Å². The number of hydrogen-bond acceptors (Lipinski definition) is 5. The van der Waals surface area contributed by atoms with Gasteiger partial charge in [-0.15, -0.1) is 0 Å². The quantitative estimate of drug-likeness (QED) is 0.537. The van der Waals surface area contributed by atoms with Crippen LogP contribution in [0.1, 0.15) is 105 Å². The van der Waals surface area contributed by atoms with Gasteiger partial charge in [0.05, 0.1) is 11.6 Å². The van der Waals surface area contributed by atoms with E-state index in [2.05, 4.69) is 53.6 Å². The molecule has 3 fully saturated rings. The van der Waals surface area contributed by atoms with E-state index in [9.17, 15) is 14.7 Å². The Morgan fingerprint density at radius 3 is 2.38 bits per heavy atom. The molecule has 1 aromatic rings. The minimum atomic E-state index is -1.62. The van der Waals surface area contributed by atoms with Gasteiger partial charge in [0.15, 0.2) is 5.78 Å². The molecule has 0 aliphatic heterocycles. The molecule has 0 aromatic carbocycles. The van der Waals surface area contributed by atoms with E-state index in [0.29, 0.717) is 31.6 Å². The Bertz CT molecular complexity index is 1240. The number of fused-ring (bicyclic) bond motifs is 8. The number of nitrogens with two attached hydrogens (primary N) is 1. The lowest BCUT2D eigenvalue weighted by Gasteiger charge is -2.71. The molecule has 3 N–H and O–H groups in total. The molecule has 1 amide bonds. The summed E-state index contributed by atoms with van der Waals surface area (Å²) in [5.74, 6) is 0.231. The number of nitrogens with zero attached hydrogens (tertiary/aromatic N) is 1. The van der Waals surface area contributed by atoms with Gasteiger partial charge < -0.3 is 15.4 Å². The maximum Gasteiger partial charge on any atom is 0.224 e. The van der Waals surface area contributed by atoms with E-state index in [4.69, 9.17) is 10.3 Å². The third-order valence-corrected chi connectivity index (χ3v) is 13.0. The minimum absolute atomic E-state index is 0.0650. The molecule has 3 saturated carbocycles. The second kappa shape index (κ2) is 6.97. The first kappa shape index (κ1) is 25.3. The van der Waals surface area contributed by atoms with Crippen molar-refractivity contribution in [1.29, 1.82) is 0 Å². The van der Waals surface area contributed by atoms with Gasteiger partial charge in [0.2, 0.25) is 5.91 Å². The van der Waals surface area contributed by atoms with Gasteiger partial charge in [0.1, 0.15) is 11.4 Å². The Hall–Kier alpha value is -1.95. The zero-order chi connectivity index (χ0) is 27.0. The molecule has 5 aliphatic carbocycles. The van der Waals surface area contributed by atoms with E-state index in [0.717, 1.165) is 37.0 Å². The van der Waals surface area contributed by atoms with E-state index in [1.807, 2.05) is 12.3 Å². The largest absolute Gasteiger partial charge is 0.381 e. The van der Waals surface area contributed by atoms with Crippen molar-refractivity contribution in [3.63, 3.8) is 0 Å². The highest BCUT2D eigenvalue weighted by Gasteiger charge is 2.76. The number of ketones is 1. The Balaban J connectivity index is 1.55. The van der Waals surface area contributed by atoms with Crippen LogP contribution in [0, 0.1) is 38.9 Å². The lowest BCUT2D eigenvalue weighted by molar-refractivity contribution is -0.243. The smallest absolute Gasteiger partial charge is 0.224 e.